The van der Waals surface area contributed by atoms with Crippen LogP contribution in [0.1, 0.15) is 55.4 Å². The van der Waals surface area contributed by atoms with Gasteiger partial charge < -0.3 is 9.15 Å². The standard InChI is InChI=1S/C27H31NO6S/c1-16(2)15-23(28-35(31,32)19-11-9-17(3)10-12-19)27(30)33-24-14-13-21-20-7-5-6-8-22(20)26(29)34-25(21)18(24)4/h9-14,16,23,28H,5-8,15H2,1-4H3/t23-/m1/s1. The summed E-state index contributed by atoms with van der Waals surface area (Å²) in [5, 5.41) is 0.857. The summed E-state index contributed by atoms with van der Waals surface area (Å²) in [4.78, 5) is 25.8. The van der Waals surface area contributed by atoms with Crippen molar-refractivity contribution in [1.82, 2.24) is 4.72 Å². The molecule has 35 heavy (non-hydrogen) atoms. The van der Waals surface area contributed by atoms with Crippen LogP contribution >= 0.6 is 0 Å². The van der Waals surface area contributed by atoms with Crippen molar-refractivity contribution in [3.8, 4) is 5.75 Å². The second-order valence-electron chi connectivity index (χ2n) is 9.66. The van der Waals surface area contributed by atoms with Gasteiger partial charge in [0.1, 0.15) is 17.4 Å². The average molecular weight is 498 g/mol. The molecule has 0 saturated carbocycles. The molecule has 1 aliphatic rings. The van der Waals surface area contributed by atoms with Crippen molar-refractivity contribution in [2.75, 3.05) is 0 Å². The van der Waals surface area contributed by atoms with E-state index in [-0.39, 0.29) is 28.6 Å². The van der Waals surface area contributed by atoms with E-state index in [9.17, 15) is 18.0 Å². The van der Waals surface area contributed by atoms with Gasteiger partial charge in [0, 0.05) is 16.5 Å². The van der Waals surface area contributed by atoms with Gasteiger partial charge in [-0.1, -0.05) is 31.5 Å². The van der Waals surface area contributed by atoms with Crippen LogP contribution < -0.4 is 15.1 Å². The Labute approximate surface area is 205 Å². The van der Waals surface area contributed by atoms with Gasteiger partial charge in [0.2, 0.25) is 10.0 Å². The highest BCUT2D eigenvalue weighted by Gasteiger charge is 2.29. The van der Waals surface area contributed by atoms with Crippen LogP contribution in [0.25, 0.3) is 11.0 Å². The molecule has 0 bridgehead atoms. The molecule has 0 saturated heterocycles. The highest BCUT2D eigenvalue weighted by Crippen LogP contribution is 2.33. The van der Waals surface area contributed by atoms with Crippen molar-refractivity contribution in [3.63, 3.8) is 0 Å². The van der Waals surface area contributed by atoms with Crippen molar-refractivity contribution in [1.29, 1.82) is 0 Å². The molecule has 1 heterocycles. The van der Waals surface area contributed by atoms with E-state index >= 15 is 0 Å². The molecule has 3 aromatic rings. The second kappa shape index (κ2) is 9.95. The molecule has 1 aliphatic carbocycles. The normalized spacial score (nSPS) is 14.7. The molecule has 0 amide bonds. The zero-order valence-corrected chi connectivity index (χ0v) is 21.3. The molecule has 0 unspecified atom stereocenters. The summed E-state index contributed by atoms with van der Waals surface area (Å²) < 4.78 is 39.7. The Balaban J connectivity index is 1.63. The quantitative estimate of drug-likeness (QED) is 0.291. The lowest BCUT2D eigenvalue weighted by molar-refractivity contribution is -0.136. The number of hydrogen-bond donors (Lipinski definition) is 1. The van der Waals surface area contributed by atoms with E-state index in [2.05, 4.69) is 4.72 Å². The van der Waals surface area contributed by atoms with Crippen LogP contribution in [0.3, 0.4) is 0 Å². The molecular weight excluding hydrogens is 466 g/mol. The summed E-state index contributed by atoms with van der Waals surface area (Å²) in [6.45, 7) is 7.41. The molecule has 186 valence electrons. The number of fused-ring (bicyclic) bond motifs is 3. The van der Waals surface area contributed by atoms with Crippen LogP contribution in [0.5, 0.6) is 5.75 Å². The predicted molar refractivity (Wildman–Crippen MR) is 134 cm³/mol. The largest absolute Gasteiger partial charge is 0.425 e. The summed E-state index contributed by atoms with van der Waals surface area (Å²) in [5.74, 6) is -0.433. The smallest absolute Gasteiger partial charge is 0.339 e. The minimum atomic E-state index is -3.93. The fourth-order valence-electron chi connectivity index (χ4n) is 4.55. The first-order chi connectivity index (χ1) is 16.6. The first-order valence-corrected chi connectivity index (χ1v) is 13.4. The minimum absolute atomic E-state index is 0.0375. The number of ether oxygens (including phenoxy) is 1. The zero-order valence-electron chi connectivity index (χ0n) is 20.5. The molecular formula is C27H31NO6S. The van der Waals surface area contributed by atoms with Gasteiger partial charge in [0.05, 0.1) is 4.90 Å². The molecule has 0 radical (unpaired) electrons. The molecule has 1 atom stereocenters. The maximum atomic E-state index is 13.2. The Morgan fingerprint density at radius 3 is 2.34 bits per heavy atom. The number of sulfonamides is 1. The fraction of sp³-hybridized carbons (Fsp3) is 0.407. The van der Waals surface area contributed by atoms with E-state index in [4.69, 9.17) is 9.15 Å². The van der Waals surface area contributed by atoms with Crippen LogP contribution in [-0.2, 0) is 27.7 Å². The third kappa shape index (κ3) is 5.33. The Kier molecular flexibility index (Phi) is 7.15. The molecule has 0 spiro atoms. The number of carbonyl (C=O) groups excluding carboxylic acids is 1. The summed E-state index contributed by atoms with van der Waals surface area (Å²) in [6.07, 6.45) is 3.76. The highest BCUT2D eigenvalue weighted by molar-refractivity contribution is 7.89. The first-order valence-electron chi connectivity index (χ1n) is 12.0. The second-order valence-corrected chi connectivity index (χ2v) is 11.4. The van der Waals surface area contributed by atoms with Crippen LogP contribution in [-0.4, -0.2) is 20.4 Å². The maximum absolute atomic E-state index is 13.2. The Morgan fingerprint density at radius 1 is 1.03 bits per heavy atom. The third-order valence-electron chi connectivity index (χ3n) is 6.42. The fourth-order valence-corrected chi connectivity index (χ4v) is 5.75. The Bertz CT molecular complexity index is 1420. The zero-order chi connectivity index (χ0) is 25.3. The number of aryl methyl sites for hydroxylation is 3. The van der Waals surface area contributed by atoms with Gasteiger partial charge in [-0.3, -0.25) is 0 Å². The number of nitrogens with one attached hydrogen (secondary N) is 1. The van der Waals surface area contributed by atoms with Gasteiger partial charge in [-0.15, -0.1) is 0 Å². The lowest BCUT2D eigenvalue weighted by atomic mass is 9.90. The molecule has 1 aromatic heterocycles. The molecule has 1 N–H and O–H groups in total. The molecule has 0 fully saturated rings. The SMILES string of the molecule is Cc1ccc(S(=O)(=O)N[C@H](CC(C)C)C(=O)Oc2ccc3c4c(c(=O)oc3c2C)CCCC4)cc1. The van der Waals surface area contributed by atoms with Gasteiger partial charge in [-0.25, -0.2) is 18.0 Å². The number of esters is 1. The maximum Gasteiger partial charge on any atom is 0.339 e. The summed E-state index contributed by atoms with van der Waals surface area (Å²) in [6, 6.07) is 8.84. The monoisotopic (exact) mass is 497 g/mol. The van der Waals surface area contributed by atoms with Crippen molar-refractivity contribution in [3.05, 3.63) is 69.1 Å². The Hall–Kier alpha value is -2.97. The van der Waals surface area contributed by atoms with Crippen LogP contribution in [0.4, 0.5) is 0 Å². The number of hydrogen-bond acceptors (Lipinski definition) is 6. The predicted octanol–water partition coefficient (Wildman–Crippen LogP) is 4.59. The van der Waals surface area contributed by atoms with Crippen molar-refractivity contribution >= 4 is 27.0 Å². The van der Waals surface area contributed by atoms with E-state index < -0.39 is 22.0 Å². The van der Waals surface area contributed by atoms with Crippen molar-refractivity contribution in [2.24, 2.45) is 5.92 Å². The summed E-state index contributed by atoms with van der Waals surface area (Å²) in [7, 11) is -3.93. The van der Waals surface area contributed by atoms with E-state index in [0.29, 0.717) is 17.6 Å². The average Bonchev–Trinajstić information content (AvgIpc) is 2.81. The summed E-state index contributed by atoms with van der Waals surface area (Å²) >= 11 is 0. The van der Waals surface area contributed by atoms with Crippen LogP contribution in [0, 0.1) is 19.8 Å². The molecule has 7 nitrogen and oxygen atoms in total. The van der Waals surface area contributed by atoms with Gasteiger partial charge in [-0.05, 0) is 81.7 Å². The van der Waals surface area contributed by atoms with Crippen LogP contribution in [0.2, 0.25) is 0 Å². The third-order valence-corrected chi connectivity index (χ3v) is 7.91. The van der Waals surface area contributed by atoms with Gasteiger partial charge in [0.25, 0.3) is 0 Å². The van der Waals surface area contributed by atoms with Gasteiger partial charge in [0.15, 0.2) is 0 Å². The number of benzene rings is 2. The van der Waals surface area contributed by atoms with E-state index in [1.165, 1.54) is 12.1 Å². The molecule has 2 aromatic carbocycles. The van der Waals surface area contributed by atoms with Gasteiger partial charge >= 0.3 is 11.6 Å². The topological polar surface area (TPSA) is 103 Å². The van der Waals surface area contributed by atoms with E-state index in [1.807, 2.05) is 26.8 Å². The number of carbonyl (C=O) groups is 1. The van der Waals surface area contributed by atoms with Gasteiger partial charge in [-0.2, -0.15) is 4.72 Å². The van der Waals surface area contributed by atoms with E-state index in [1.54, 1.807) is 25.1 Å². The lowest BCUT2D eigenvalue weighted by Gasteiger charge is -2.21. The van der Waals surface area contributed by atoms with Crippen LogP contribution in [0.15, 0.2) is 50.5 Å². The van der Waals surface area contributed by atoms with E-state index in [0.717, 1.165) is 41.3 Å². The molecule has 4 rings (SSSR count). The summed E-state index contributed by atoms with van der Waals surface area (Å²) in [5.41, 5.74) is 3.26. The van der Waals surface area contributed by atoms with Crippen molar-refractivity contribution in [2.45, 2.75) is 70.7 Å². The van der Waals surface area contributed by atoms with Crippen molar-refractivity contribution < 1.29 is 22.4 Å². The number of rotatable bonds is 7. The Morgan fingerprint density at radius 2 is 1.69 bits per heavy atom. The highest BCUT2D eigenvalue weighted by atomic mass is 32.2. The lowest BCUT2D eigenvalue weighted by Crippen LogP contribution is -2.43. The first kappa shape index (κ1) is 25.1. The molecule has 8 heteroatoms. The minimum Gasteiger partial charge on any atom is -0.425 e. The molecule has 0 aliphatic heterocycles.